The summed E-state index contributed by atoms with van der Waals surface area (Å²) in [6.07, 6.45) is 1.46. The summed E-state index contributed by atoms with van der Waals surface area (Å²) in [6.45, 7) is 3.89. The Balaban J connectivity index is 2.03. The Morgan fingerprint density at radius 2 is 2.17 bits per heavy atom. The zero-order valence-corrected chi connectivity index (χ0v) is 10.8. The third-order valence-corrected chi connectivity index (χ3v) is 2.65. The van der Waals surface area contributed by atoms with Crippen molar-refractivity contribution in [3.63, 3.8) is 0 Å². The highest BCUT2D eigenvalue weighted by molar-refractivity contribution is 6.33. The van der Waals surface area contributed by atoms with Crippen molar-refractivity contribution in [1.82, 2.24) is 15.5 Å². The van der Waals surface area contributed by atoms with Gasteiger partial charge >= 0.3 is 0 Å². The van der Waals surface area contributed by atoms with Gasteiger partial charge in [-0.1, -0.05) is 16.8 Å². The molecular formula is C12H12ClN3O2. The molecule has 2 rings (SSSR count). The molecule has 0 aliphatic rings. The van der Waals surface area contributed by atoms with Crippen molar-refractivity contribution in [2.24, 2.45) is 0 Å². The first-order valence-electron chi connectivity index (χ1n) is 5.39. The number of nitrogens with zero attached hydrogens (tertiary/aromatic N) is 2. The number of carbonyl (C=O) groups is 1. The van der Waals surface area contributed by atoms with Gasteiger partial charge in [0.15, 0.2) is 5.76 Å². The van der Waals surface area contributed by atoms with Gasteiger partial charge in [-0.3, -0.25) is 9.78 Å². The molecule has 1 N–H and O–H groups in total. The molecule has 0 aliphatic heterocycles. The number of rotatable bonds is 3. The molecular weight excluding hydrogens is 254 g/mol. The Labute approximate surface area is 109 Å². The molecule has 5 nitrogen and oxygen atoms in total. The van der Waals surface area contributed by atoms with Gasteiger partial charge in [0.25, 0.3) is 5.91 Å². The number of hydrogen-bond donors (Lipinski definition) is 1. The Hall–Kier alpha value is -1.88. The summed E-state index contributed by atoms with van der Waals surface area (Å²) in [5, 5.41) is 6.81. The average molecular weight is 266 g/mol. The van der Waals surface area contributed by atoms with Crippen LogP contribution in [0.25, 0.3) is 0 Å². The monoisotopic (exact) mass is 265 g/mol. The largest absolute Gasteiger partial charge is 0.359 e. The number of carbonyl (C=O) groups excluding carboxylic acids is 1. The molecule has 0 spiro atoms. The van der Waals surface area contributed by atoms with E-state index in [1.165, 1.54) is 6.20 Å². The lowest BCUT2D eigenvalue weighted by molar-refractivity contribution is 0.0947. The molecule has 0 fully saturated rings. The number of hydrogen-bond acceptors (Lipinski definition) is 4. The van der Waals surface area contributed by atoms with Crippen LogP contribution in [0.3, 0.4) is 0 Å². The first-order chi connectivity index (χ1) is 8.56. The van der Waals surface area contributed by atoms with Gasteiger partial charge in [0, 0.05) is 18.0 Å². The molecule has 0 aromatic carbocycles. The van der Waals surface area contributed by atoms with E-state index in [9.17, 15) is 4.79 Å². The molecule has 1 amide bonds. The van der Waals surface area contributed by atoms with Crippen molar-refractivity contribution in [2.75, 3.05) is 0 Å². The maximum atomic E-state index is 11.9. The molecule has 0 saturated carbocycles. The molecule has 0 radical (unpaired) electrons. The summed E-state index contributed by atoms with van der Waals surface area (Å²) in [6, 6.07) is 3.41. The summed E-state index contributed by atoms with van der Waals surface area (Å²) in [4.78, 5) is 15.9. The molecule has 0 aliphatic carbocycles. The van der Waals surface area contributed by atoms with Crippen LogP contribution in [0.2, 0.25) is 5.02 Å². The van der Waals surface area contributed by atoms with Gasteiger partial charge in [0.1, 0.15) is 0 Å². The summed E-state index contributed by atoms with van der Waals surface area (Å²) >= 11 is 5.97. The Kier molecular flexibility index (Phi) is 3.62. The average Bonchev–Trinajstić information content (AvgIpc) is 2.72. The van der Waals surface area contributed by atoms with Gasteiger partial charge in [-0.15, -0.1) is 0 Å². The molecule has 18 heavy (non-hydrogen) atoms. The van der Waals surface area contributed by atoms with Crippen LogP contribution < -0.4 is 5.32 Å². The van der Waals surface area contributed by atoms with Crippen molar-refractivity contribution < 1.29 is 9.32 Å². The highest BCUT2D eigenvalue weighted by atomic mass is 35.5. The standard InChI is InChI=1S/C12H12ClN3O2/c1-7-4-11(13)10(6-14-7)12(17)15-5-9-3-8(2)16-18-9/h3-4,6H,5H2,1-2H3,(H,15,17). The van der Waals surface area contributed by atoms with E-state index in [1.807, 2.05) is 13.8 Å². The molecule has 2 aromatic rings. The fourth-order valence-corrected chi connectivity index (χ4v) is 1.75. The Morgan fingerprint density at radius 1 is 1.39 bits per heavy atom. The second-order valence-corrected chi connectivity index (χ2v) is 4.33. The zero-order chi connectivity index (χ0) is 13.1. The minimum Gasteiger partial charge on any atom is -0.359 e. The van der Waals surface area contributed by atoms with Crippen LogP contribution in [0.1, 0.15) is 27.5 Å². The van der Waals surface area contributed by atoms with Gasteiger partial charge in [-0.05, 0) is 19.9 Å². The van der Waals surface area contributed by atoms with E-state index in [-0.39, 0.29) is 12.5 Å². The predicted octanol–water partition coefficient (Wildman–Crippen LogP) is 2.27. The lowest BCUT2D eigenvalue weighted by Crippen LogP contribution is -2.23. The number of aryl methyl sites for hydroxylation is 2. The molecule has 0 saturated heterocycles. The fraction of sp³-hybridized carbons (Fsp3) is 0.250. The third kappa shape index (κ3) is 2.87. The molecule has 6 heteroatoms. The number of nitrogens with one attached hydrogen (secondary N) is 1. The highest BCUT2D eigenvalue weighted by Gasteiger charge is 2.11. The van der Waals surface area contributed by atoms with E-state index < -0.39 is 0 Å². The lowest BCUT2D eigenvalue weighted by atomic mass is 10.2. The molecule has 0 atom stereocenters. The molecule has 0 unspecified atom stereocenters. The van der Waals surface area contributed by atoms with E-state index in [0.29, 0.717) is 16.3 Å². The quantitative estimate of drug-likeness (QED) is 0.924. The first-order valence-corrected chi connectivity index (χ1v) is 5.76. The van der Waals surface area contributed by atoms with E-state index in [4.69, 9.17) is 16.1 Å². The van der Waals surface area contributed by atoms with E-state index in [2.05, 4.69) is 15.5 Å². The predicted molar refractivity (Wildman–Crippen MR) is 66.4 cm³/mol. The first kappa shape index (κ1) is 12.6. The molecule has 94 valence electrons. The molecule has 2 aromatic heterocycles. The van der Waals surface area contributed by atoms with Crippen LogP contribution in [-0.4, -0.2) is 16.0 Å². The number of aromatic nitrogens is 2. The van der Waals surface area contributed by atoms with E-state index in [1.54, 1.807) is 12.1 Å². The van der Waals surface area contributed by atoms with Gasteiger partial charge in [-0.25, -0.2) is 0 Å². The lowest BCUT2D eigenvalue weighted by Gasteiger charge is -2.05. The number of halogens is 1. The minimum absolute atomic E-state index is 0.268. The van der Waals surface area contributed by atoms with Gasteiger partial charge in [-0.2, -0.15) is 0 Å². The maximum absolute atomic E-state index is 11.9. The van der Waals surface area contributed by atoms with Crippen LogP contribution in [0.4, 0.5) is 0 Å². The normalized spacial score (nSPS) is 10.4. The molecule has 2 heterocycles. The van der Waals surface area contributed by atoms with Crippen molar-refractivity contribution in [2.45, 2.75) is 20.4 Å². The van der Waals surface area contributed by atoms with Gasteiger partial charge < -0.3 is 9.84 Å². The van der Waals surface area contributed by atoms with Crippen molar-refractivity contribution in [3.8, 4) is 0 Å². The summed E-state index contributed by atoms with van der Waals surface area (Å²) in [7, 11) is 0. The van der Waals surface area contributed by atoms with Crippen LogP contribution in [0, 0.1) is 13.8 Å². The fourth-order valence-electron chi connectivity index (χ4n) is 1.46. The van der Waals surface area contributed by atoms with Crippen molar-refractivity contribution in [1.29, 1.82) is 0 Å². The maximum Gasteiger partial charge on any atom is 0.254 e. The smallest absolute Gasteiger partial charge is 0.254 e. The second kappa shape index (κ2) is 5.18. The third-order valence-electron chi connectivity index (χ3n) is 2.33. The van der Waals surface area contributed by atoms with Gasteiger partial charge in [0.2, 0.25) is 0 Å². The number of pyridine rings is 1. The van der Waals surface area contributed by atoms with Crippen LogP contribution in [-0.2, 0) is 6.54 Å². The number of amides is 1. The summed E-state index contributed by atoms with van der Waals surface area (Å²) < 4.78 is 4.99. The van der Waals surface area contributed by atoms with E-state index >= 15 is 0 Å². The van der Waals surface area contributed by atoms with Gasteiger partial charge in [0.05, 0.1) is 22.8 Å². The van der Waals surface area contributed by atoms with Crippen LogP contribution in [0.15, 0.2) is 22.9 Å². The summed E-state index contributed by atoms with van der Waals surface area (Å²) in [5.74, 6) is 0.304. The van der Waals surface area contributed by atoms with Crippen LogP contribution in [0.5, 0.6) is 0 Å². The van der Waals surface area contributed by atoms with Crippen LogP contribution >= 0.6 is 11.6 Å². The van der Waals surface area contributed by atoms with E-state index in [0.717, 1.165) is 11.4 Å². The Morgan fingerprint density at radius 3 is 2.78 bits per heavy atom. The second-order valence-electron chi connectivity index (χ2n) is 3.92. The summed E-state index contributed by atoms with van der Waals surface area (Å²) in [5.41, 5.74) is 1.88. The van der Waals surface area contributed by atoms with Crippen molar-refractivity contribution in [3.05, 3.63) is 46.1 Å². The zero-order valence-electron chi connectivity index (χ0n) is 10.0. The Bertz CT molecular complexity index is 580. The molecule has 0 bridgehead atoms. The minimum atomic E-state index is -0.290. The highest BCUT2D eigenvalue weighted by Crippen LogP contribution is 2.15. The topological polar surface area (TPSA) is 68.0 Å². The van der Waals surface area contributed by atoms with Crippen molar-refractivity contribution >= 4 is 17.5 Å². The SMILES string of the molecule is Cc1cc(Cl)c(C(=O)NCc2cc(C)no2)cn1.